The van der Waals surface area contributed by atoms with Gasteiger partial charge in [-0.3, -0.25) is 0 Å². The predicted molar refractivity (Wildman–Crippen MR) is 72.5 cm³/mol. The van der Waals surface area contributed by atoms with Gasteiger partial charge in [0, 0.05) is 26.0 Å². The lowest BCUT2D eigenvalue weighted by molar-refractivity contribution is -0.0394. The fraction of sp³-hybridized carbons (Fsp3) is 0.786. The van der Waals surface area contributed by atoms with Crippen LogP contribution in [0.15, 0.2) is 12.4 Å². The zero-order valence-corrected chi connectivity index (χ0v) is 11.8. The van der Waals surface area contributed by atoms with Crippen LogP contribution in [0.2, 0.25) is 0 Å². The Morgan fingerprint density at radius 3 is 2.72 bits per heavy atom. The molecule has 0 spiro atoms. The molecular weight excluding hydrogens is 226 g/mol. The zero-order valence-electron chi connectivity index (χ0n) is 11.8. The predicted octanol–water partition coefficient (Wildman–Crippen LogP) is 2.51. The maximum absolute atomic E-state index is 5.92. The zero-order chi connectivity index (χ0) is 13.0. The average Bonchev–Trinajstić information content (AvgIpc) is 3.05. The van der Waals surface area contributed by atoms with Crippen molar-refractivity contribution in [1.29, 1.82) is 0 Å². The second-order valence-electron chi connectivity index (χ2n) is 5.04. The maximum atomic E-state index is 5.92. The highest BCUT2D eigenvalue weighted by molar-refractivity contribution is 5.10. The van der Waals surface area contributed by atoms with Crippen molar-refractivity contribution in [3.8, 4) is 0 Å². The quantitative estimate of drug-likeness (QED) is 0.844. The third kappa shape index (κ3) is 2.31. The monoisotopic (exact) mass is 251 g/mol. The largest absolute Gasteiger partial charge is 0.376 e. The number of hydrogen-bond donors (Lipinski definition) is 1. The fourth-order valence-corrected chi connectivity index (χ4v) is 3.15. The third-order valence-corrected chi connectivity index (χ3v) is 4.14. The Kier molecular flexibility index (Phi) is 4.40. The number of likely N-dealkylation sites (N-methyl/N-ethyl adjacent to an activating group) is 1. The molecule has 4 heteroatoms. The lowest BCUT2D eigenvalue weighted by atomic mass is 9.91. The highest BCUT2D eigenvalue weighted by Crippen LogP contribution is 2.42. The molecule has 2 rings (SSSR count). The topological polar surface area (TPSA) is 39.1 Å². The highest BCUT2D eigenvalue weighted by Gasteiger charge is 2.43. The molecule has 0 radical (unpaired) electrons. The summed E-state index contributed by atoms with van der Waals surface area (Å²) in [4.78, 5) is 4.56. The van der Waals surface area contributed by atoms with Gasteiger partial charge in [-0.05, 0) is 26.3 Å². The Labute approximate surface area is 110 Å². The summed E-state index contributed by atoms with van der Waals surface area (Å²) in [5.41, 5.74) is -0.0751. The minimum absolute atomic E-state index is 0.0751. The van der Waals surface area contributed by atoms with Gasteiger partial charge in [-0.15, -0.1) is 0 Å². The van der Waals surface area contributed by atoms with Gasteiger partial charge in [0.25, 0.3) is 0 Å². The molecule has 0 aromatic carbocycles. The standard InChI is InChI=1S/C14H25N3O/c1-4-15-12(13-16-10-11-17(13)5-2)14(18-3)8-6-7-9-14/h10-12,15H,4-9H2,1-3H3. The van der Waals surface area contributed by atoms with Gasteiger partial charge in [0.1, 0.15) is 5.82 Å². The Morgan fingerprint density at radius 2 is 2.17 bits per heavy atom. The molecule has 1 unspecified atom stereocenters. The number of ether oxygens (including phenoxy) is 1. The SMILES string of the molecule is CCNC(c1nccn1CC)C1(OC)CCCC1. The summed E-state index contributed by atoms with van der Waals surface area (Å²) in [6, 6.07) is 0.199. The van der Waals surface area contributed by atoms with Crippen molar-refractivity contribution in [2.45, 2.75) is 57.7 Å². The summed E-state index contributed by atoms with van der Waals surface area (Å²) in [7, 11) is 1.84. The van der Waals surface area contributed by atoms with Crippen LogP contribution in [0.4, 0.5) is 0 Å². The number of hydrogen-bond acceptors (Lipinski definition) is 3. The Morgan fingerprint density at radius 1 is 1.44 bits per heavy atom. The van der Waals surface area contributed by atoms with Gasteiger partial charge in [0.2, 0.25) is 0 Å². The first kappa shape index (κ1) is 13.6. The maximum Gasteiger partial charge on any atom is 0.128 e. The molecule has 102 valence electrons. The van der Waals surface area contributed by atoms with E-state index in [9.17, 15) is 0 Å². The van der Waals surface area contributed by atoms with Crippen molar-refractivity contribution in [3.05, 3.63) is 18.2 Å². The molecule has 4 nitrogen and oxygen atoms in total. The summed E-state index contributed by atoms with van der Waals surface area (Å²) >= 11 is 0. The van der Waals surface area contributed by atoms with E-state index in [2.05, 4.69) is 34.9 Å². The van der Waals surface area contributed by atoms with Crippen molar-refractivity contribution in [2.75, 3.05) is 13.7 Å². The fourth-order valence-electron chi connectivity index (χ4n) is 3.15. The average molecular weight is 251 g/mol. The van der Waals surface area contributed by atoms with Crippen LogP contribution in [0, 0.1) is 0 Å². The molecular formula is C14H25N3O. The summed E-state index contributed by atoms with van der Waals surface area (Å²) < 4.78 is 8.14. The molecule has 1 aromatic rings. The van der Waals surface area contributed by atoms with Crippen LogP contribution in [0.25, 0.3) is 0 Å². The van der Waals surface area contributed by atoms with Gasteiger partial charge in [-0.2, -0.15) is 0 Å². The molecule has 0 aliphatic heterocycles. The first-order valence-corrected chi connectivity index (χ1v) is 7.07. The second-order valence-corrected chi connectivity index (χ2v) is 5.04. The number of nitrogens with one attached hydrogen (secondary N) is 1. The molecule has 1 saturated carbocycles. The van der Waals surface area contributed by atoms with E-state index in [-0.39, 0.29) is 11.6 Å². The van der Waals surface area contributed by atoms with Crippen molar-refractivity contribution >= 4 is 0 Å². The first-order chi connectivity index (χ1) is 8.77. The molecule has 1 aliphatic carbocycles. The van der Waals surface area contributed by atoms with Gasteiger partial charge in [0.15, 0.2) is 0 Å². The van der Waals surface area contributed by atoms with Crippen molar-refractivity contribution < 1.29 is 4.74 Å². The van der Waals surface area contributed by atoms with Gasteiger partial charge >= 0.3 is 0 Å². The van der Waals surface area contributed by atoms with E-state index in [1.807, 2.05) is 13.3 Å². The van der Waals surface area contributed by atoms with Crippen LogP contribution < -0.4 is 5.32 Å². The number of methoxy groups -OCH3 is 1. The van der Waals surface area contributed by atoms with E-state index in [0.717, 1.165) is 31.8 Å². The number of imidazole rings is 1. The molecule has 1 heterocycles. The van der Waals surface area contributed by atoms with E-state index in [0.29, 0.717) is 0 Å². The van der Waals surface area contributed by atoms with E-state index in [4.69, 9.17) is 4.74 Å². The Hall–Kier alpha value is -0.870. The van der Waals surface area contributed by atoms with Crippen LogP contribution in [0.3, 0.4) is 0 Å². The Bertz CT molecular complexity index is 369. The molecule has 0 amide bonds. The highest BCUT2D eigenvalue weighted by atomic mass is 16.5. The van der Waals surface area contributed by atoms with Gasteiger partial charge in [-0.25, -0.2) is 4.98 Å². The minimum Gasteiger partial charge on any atom is -0.376 e. The van der Waals surface area contributed by atoms with Crippen LogP contribution in [0.1, 0.15) is 51.4 Å². The van der Waals surface area contributed by atoms with Gasteiger partial charge in [0.05, 0.1) is 11.6 Å². The molecule has 1 atom stereocenters. The Balaban J connectivity index is 2.32. The van der Waals surface area contributed by atoms with E-state index in [1.165, 1.54) is 12.8 Å². The van der Waals surface area contributed by atoms with Crippen molar-refractivity contribution in [1.82, 2.24) is 14.9 Å². The molecule has 1 N–H and O–H groups in total. The smallest absolute Gasteiger partial charge is 0.128 e. The number of nitrogens with zero attached hydrogens (tertiary/aromatic N) is 2. The normalized spacial score (nSPS) is 20.2. The minimum atomic E-state index is -0.0751. The molecule has 1 fully saturated rings. The lowest BCUT2D eigenvalue weighted by Gasteiger charge is -2.36. The molecule has 18 heavy (non-hydrogen) atoms. The number of rotatable bonds is 6. The van der Waals surface area contributed by atoms with E-state index < -0.39 is 0 Å². The summed E-state index contributed by atoms with van der Waals surface area (Å²) in [5, 5.41) is 3.59. The van der Waals surface area contributed by atoms with Crippen LogP contribution in [-0.4, -0.2) is 28.8 Å². The van der Waals surface area contributed by atoms with E-state index >= 15 is 0 Å². The van der Waals surface area contributed by atoms with E-state index in [1.54, 1.807) is 0 Å². The number of aromatic nitrogens is 2. The molecule has 1 aliphatic rings. The summed E-state index contributed by atoms with van der Waals surface area (Å²) in [5.74, 6) is 1.11. The van der Waals surface area contributed by atoms with Crippen molar-refractivity contribution in [3.63, 3.8) is 0 Å². The van der Waals surface area contributed by atoms with Crippen LogP contribution >= 0.6 is 0 Å². The second kappa shape index (κ2) is 5.85. The molecule has 1 aromatic heterocycles. The van der Waals surface area contributed by atoms with Crippen molar-refractivity contribution in [2.24, 2.45) is 0 Å². The number of aryl methyl sites for hydroxylation is 1. The van der Waals surface area contributed by atoms with Gasteiger partial charge in [-0.1, -0.05) is 19.8 Å². The van der Waals surface area contributed by atoms with Crippen LogP contribution in [0.5, 0.6) is 0 Å². The lowest BCUT2D eigenvalue weighted by Crippen LogP contribution is -2.44. The first-order valence-electron chi connectivity index (χ1n) is 7.07. The summed E-state index contributed by atoms with van der Waals surface area (Å²) in [6.07, 6.45) is 8.69. The summed E-state index contributed by atoms with van der Waals surface area (Å²) in [6.45, 7) is 6.19. The third-order valence-electron chi connectivity index (χ3n) is 4.14. The molecule has 0 bridgehead atoms. The van der Waals surface area contributed by atoms with Gasteiger partial charge < -0.3 is 14.6 Å². The van der Waals surface area contributed by atoms with Crippen LogP contribution in [-0.2, 0) is 11.3 Å². The molecule has 0 saturated heterocycles.